The predicted molar refractivity (Wildman–Crippen MR) is 48.6 cm³/mol. The summed E-state index contributed by atoms with van der Waals surface area (Å²) in [6, 6.07) is 0. The summed E-state index contributed by atoms with van der Waals surface area (Å²) in [5, 5.41) is 0. The molecule has 0 spiro atoms. The Kier molecular flexibility index (Phi) is 4.32. The molecule has 0 bridgehead atoms. The van der Waals surface area contributed by atoms with Gasteiger partial charge in [-0.2, -0.15) is 0 Å². The second kappa shape index (κ2) is 4.81. The summed E-state index contributed by atoms with van der Waals surface area (Å²) in [7, 11) is 0. The fourth-order valence-corrected chi connectivity index (χ4v) is 0.492. The quantitative estimate of drug-likeness (QED) is 0.374. The van der Waals surface area contributed by atoms with E-state index in [9.17, 15) is 0 Å². The van der Waals surface area contributed by atoms with Gasteiger partial charge in [0.15, 0.2) is 0 Å². The van der Waals surface area contributed by atoms with Gasteiger partial charge in [0.25, 0.3) is 0 Å². The van der Waals surface area contributed by atoms with Crippen LogP contribution in [0.25, 0.3) is 0 Å². The van der Waals surface area contributed by atoms with Gasteiger partial charge in [-0.3, -0.25) is 9.98 Å². The van der Waals surface area contributed by atoms with Crippen molar-refractivity contribution in [1.29, 1.82) is 0 Å². The zero-order valence-corrected chi connectivity index (χ0v) is 6.56. The Morgan fingerprint density at radius 2 is 2.30 bits per heavy atom. The van der Waals surface area contributed by atoms with Crippen molar-refractivity contribution in [3.8, 4) is 0 Å². The Hall–Kier alpha value is -1.03. The Morgan fingerprint density at radius 1 is 1.70 bits per heavy atom. The van der Waals surface area contributed by atoms with Crippen molar-refractivity contribution in [1.82, 2.24) is 0 Å². The fraction of sp³-hybridized carbons (Fsp3) is 0.167. The molecule has 0 fully saturated rings. The number of nitrogens with two attached hydrogens (primary N) is 1. The van der Waals surface area contributed by atoms with E-state index in [-0.39, 0.29) is 4.99 Å². The minimum atomic E-state index is 0.227. The van der Waals surface area contributed by atoms with Crippen LogP contribution < -0.4 is 5.73 Å². The average molecular weight is 155 g/mol. The lowest BCUT2D eigenvalue weighted by molar-refractivity contribution is 1.40. The fourth-order valence-electron chi connectivity index (χ4n) is 0.386. The van der Waals surface area contributed by atoms with Crippen molar-refractivity contribution in [3.63, 3.8) is 0 Å². The molecule has 54 valence electrons. The van der Waals surface area contributed by atoms with E-state index in [0.717, 1.165) is 0 Å². The molecule has 0 saturated carbocycles. The van der Waals surface area contributed by atoms with E-state index >= 15 is 0 Å². The minimum absolute atomic E-state index is 0.227. The van der Waals surface area contributed by atoms with E-state index in [1.807, 2.05) is 0 Å². The lowest BCUT2D eigenvalue weighted by atomic mass is 10.5. The van der Waals surface area contributed by atoms with Crippen LogP contribution in [-0.4, -0.2) is 17.9 Å². The Balaban J connectivity index is 4.41. The highest BCUT2D eigenvalue weighted by molar-refractivity contribution is 7.80. The van der Waals surface area contributed by atoms with Crippen LogP contribution in [0.5, 0.6) is 0 Å². The molecule has 2 N–H and O–H groups in total. The Bertz CT molecular complexity index is 193. The molecule has 0 aromatic heterocycles. The van der Waals surface area contributed by atoms with Gasteiger partial charge in [-0.15, -0.1) is 0 Å². The van der Waals surface area contributed by atoms with Crippen molar-refractivity contribution >= 4 is 30.1 Å². The second-order valence-corrected chi connectivity index (χ2v) is 1.89. The third-order valence-corrected chi connectivity index (χ3v) is 0.943. The standard InChI is InChI=1S/C6H9N3S/c1-3-9-5(4-8-2)6(7)10/h3-4H,2H2,1H3,(H2,7,10)/b5-4-,9-3?. The first-order valence-electron chi connectivity index (χ1n) is 2.67. The van der Waals surface area contributed by atoms with Crippen LogP contribution in [0.15, 0.2) is 21.9 Å². The lowest BCUT2D eigenvalue weighted by Gasteiger charge is -1.92. The molecule has 0 heterocycles. The molecule has 0 aliphatic carbocycles. The zero-order valence-electron chi connectivity index (χ0n) is 5.74. The molecular weight excluding hydrogens is 146 g/mol. The maximum absolute atomic E-state index is 5.27. The summed E-state index contributed by atoms with van der Waals surface area (Å²) in [6.07, 6.45) is 3.01. The monoisotopic (exact) mass is 155 g/mol. The highest BCUT2D eigenvalue weighted by atomic mass is 32.1. The van der Waals surface area contributed by atoms with Gasteiger partial charge < -0.3 is 5.73 Å². The van der Waals surface area contributed by atoms with Crippen molar-refractivity contribution in [2.75, 3.05) is 0 Å². The van der Waals surface area contributed by atoms with Gasteiger partial charge in [0.05, 0.1) is 6.20 Å². The predicted octanol–water partition coefficient (Wildman–Crippen LogP) is 0.905. The summed E-state index contributed by atoms with van der Waals surface area (Å²) < 4.78 is 0. The van der Waals surface area contributed by atoms with Crippen LogP contribution in [0.4, 0.5) is 0 Å². The van der Waals surface area contributed by atoms with E-state index < -0.39 is 0 Å². The van der Waals surface area contributed by atoms with Crippen LogP contribution in [0.1, 0.15) is 6.92 Å². The maximum Gasteiger partial charge on any atom is 0.124 e. The second-order valence-electron chi connectivity index (χ2n) is 1.45. The van der Waals surface area contributed by atoms with Gasteiger partial charge in [-0.1, -0.05) is 12.2 Å². The molecule has 10 heavy (non-hydrogen) atoms. The first-order chi connectivity index (χ1) is 4.72. The van der Waals surface area contributed by atoms with E-state index in [4.69, 9.17) is 5.73 Å². The van der Waals surface area contributed by atoms with Crippen molar-refractivity contribution in [3.05, 3.63) is 11.9 Å². The highest BCUT2D eigenvalue weighted by Gasteiger charge is 1.93. The molecule has 0 aromatic carbocycles. The van der Waals surface area contributed by atoms with E-state index in [1.54, 1.807) is 13.1 Å². The van der Waals surface area contributed by atoms with Crippen LogP contribution in [0.2, 0.25) is 0 Å². The molecule has 0 aromatic rings. The molecule has 4 heteroatoms. The third-order valence-electron chi connectivity index (χ3n) is 0.734. The summed E-state index contributed by atoms with van der Waals surface area (Å²) in [4.78, 5) is 7.56. The number of rotatable bonds is 3. The SMILES string of the molecule is C=N/C=C(\N=CC)C(N)=S. The number of hydrogen-bond acceptors (Lipinski definition) is 3. The van der Waals surface area contributed by atoms with Crippen LogP contribution in [0, 0.1) is 0 Å². The van der Waals surface area contributed by atoms with Gasteiger partial charge in [0, 0.05) is 6.21 Å². The number of nitrogens with zero attached hydrogens (tertiary/aromatic N) is 2. The molecule has 0 aliphatic heterocycles. The normalized spacial score (nSPS) is 11.9. The lowest BCUT2D eigenvalue weighted by Crippen LogP contribution is -2.09. The molecule has 0 aliphatic rings. The van der Waals surface area contributed by atoms with Crippen LogP contribution >= 0.6 is 12.2 Å². The molecule has 0 unspecified atom stereocenters. The van der Waals surface area contributed by atoms with Gasteiger partial charge in [-0.25, -0.2) is 0 Å². The highest BCUT2D eigenvalue weighted by Crippen LogP contribution is 1.95. The van der Waals surface area contributed by atoms with Gasteiger partial charge in [0.1, 0.15) is 10.7 Å². The summed E-state index contributed by atoms with van der Waals surface area (Å²) in [5.41, 5.74) is 5.75. The smallest absolute Gasteiger partial charge is 0.124 e. The molecule has 0 rings (SSSR count). The van der Waals surface area contributed by atoms with Gasteiger partial charge in [-0.05, 0) is 13.6 Å². The Labute approximate surface area is 65.4 Å². The largest absolute Gasteiger partial charge is 0.388 e. The molecule has 3 nitrogen and oxygen atoms in total. The van der Waals surface area contributed by atoms with E-state index in [2.05, 4.69) is 28.9 Å². The summed E-state index contributed by atoms with van der Waals surface area (Å²) in [5.74, 6) is 0. The van der Waals surface area contributed by atoms with E-state index in [1.165, 1.54) is 6.20 Å². The van der Waals surface area contributed by atoms with Crippen molar-refractivity contribution < 1.29 is 0 Å². The minimum Gasteiger partial charge on any atom is -0.388 e. The number of hydrogen-bond donors (Lipinski definition) is 1. The topological polar surface area (TPSA) is 50.7 Å². The van der Waals surface area contributed by atoms with Crippen molar-refractivity contribution in [2.45, 2.75) is 6.92 Å². The van der Waals surface area contributed by atoms with Crippen molar-refractivity contribution in [2.24, 2.45) is 15.7 Å². The van der Waals surface area contributed by atoms with Gasteiger partial charge >= 0.3 is 0 Å². The summed E-state index contributed by atoms with van der Waals surface area (Å²) >= 11 is 4.66. The number of thiocarbonyl (C=S) groups is 1. The third kappa shape index (κ3) is 3.09. The van der Waals surface area contributed by atoms with Crippen LogP contribution in [-0.2, 0) is 0 Å². The molecule has 0 atom stereocenters. The first-order valence-corrected chi connectivity index (χ1v) is 3.07. The maximum atomic E-state index is 5.27. The van der Waals surface area contributed by atoms with E-state index in [0.29, 0.717) is 5.70 Å². The Morgan fingerprint density at radius 3 is 2.60 bits per heavy atom. The summed E-state index contributed by atoms with van der Waals surface area (Å²) in [6.45, 7) is 5.02. The average Bonchev–Trinajstić information content (AvgIpc) is 1.87. The molecule has 0 radical (unpaired) electrons. The number of aliphatic imine (C=N–C) groups is 2. The molecule has 0 amide bonds. The molecule has 0 saturated heterocycles. The zero-order chi connectivity index (χ0) is 7.98. The van der Waals surface area contributed by atoms with Crippen LogP contribution in [0.3, 0.4) is 0 Å². The van der Waals surface area contributed by atoms with Gasteiger partial charge in [0.2, 0.25) is 0 Å². The first kappa shape index (κ1) is 8.97. The molecular formula is C6H9N3S.